The largest absolute Gasteiger partial charge is 0.208 e. The van der Waals surface area contributed by atoms with Gasteiger partial charge >= 0.3 is 0 Å². The summed E-state index contributed by atoms with van der Waals surface area (Å²) < 4.78 is 0. The van der Waals surface area contributed by atoms with Crippen molar-refractivity contribution in [2.75, 3.05) is 0 Å². The molecule has 12 rings (SSSR count). The second-order valence-corrected chi connectivity index (χ2v) is 16.2. The summed E-state index contributed by atoms with van der Waals surface area (Å²) in [5.74, 6) is 1.94. The van der Waals surface area contributed by atoms with Crippen molar-refractivity contribution in [3.05, 3.63) is 222 Å². The van der Waals surface area contributed by atoms with E-state index in [2.05, 4.69) is 200 Å². The van der Waals surface area contributed by atoms with Gasteiger partial charge in [0.25, 0.3) is 0 Å². The Morgan fingerprint density at radius 3 is 1.34 bits per heavy atom. The van der Waals surface area contributed by atoms with Gasteiger partial charge in [-0.1, -0.05) is 188 Å². The summed E-state index contributed by atoms with van der Waals surface area (Å²) in [4.78, 5) is 18.0. The molecule has 1 aliphatic carbocycles. The van der Waals surface area contributed by atoms with Gasteiger partial charge in [-0.05, 0) is 90.3 Å². The van der Waals surface area contributed by atoms with E-state index in [1.165, 1.54) is 59.5 Å². The van der Waals surface area contributed by atoms with Gasteiger partial charge in [0.1, 0.15) is 0 Å². The van der Waals surface area contributed by atoms with Crippen molar-refractivity contribution in [1.82, 2.24) is 15.0 Å². The van der Waals surface area contributed by atoms with Crippen LogP contribution in [0.25, 0.3) is 78.0 Å². The molecule has 270 valence electrons. The number of benzene rings is 9. The summed E-state index contributed by atoms with van der Waals surface area (Å²) in [5.41, 5.74) is 12.7. The van der Waals surface area contributed by atoms with E-state index in [1.54, 1.807) is 0 Å². The van der Waals surface area contributed by atoms with Gasteiger partial charge in [-0.15, -0.1) is 0 Å². The van der Waals surface area contributed by atoms with Crippen LogP contribution in [0.5, 0.6) is 0 Å². The summed E-state index contributed by atoms with van der Waals surface area (Å²) in [6.45, 7) is 0. The molecule has 0 unspecified atom stereocenters. The van der Waals surface area contributed by atoms with Crippen LogP contribution in [0.3, 0.4) is 0 Å². The lowest BCUT2D eigenvalue weighted by Gasteiger charge is -2.39. The molecule has 0 saturated carbocycles. The molecule has 0 N–H and O–H groups in total. The number of hydrogen-bond donors (Lipinski definition) is 0. The van der Waals surface area contributed by atoms with Crippen molar-refractivity contribution in [2.24, 2.45) is 0 Å². The number of nitrogens with zero attached hydrogens (tertiary/aromatic N) is 3. The van der Waals surface area contributed by atoms with Crippen LogP contribution in [0.1, 0.15) is 22.3 Å². The van der Waals surface area contributed by atoms with E-state index in [-0.39, 0.29) is 0 Å². The van der Waals surface area contributed by atoms with Gasteiger partial charge in [-0.25, -0.2) is 15.0 Å². The average molecular weight is 756 g/mol. The molecule has 0 amide bonds. The van der Waals surface area contributed by atoms with E-state index < -0.39 is 5.41 Å². The maximum Gasteiger partial charge on any atom is 0.164 e. The fourth-order valence-corrected chi connectivity index (χ4v) is 10.6. The highest BCUT2D eigenvalue weighted by Crippen LogP contribution is 2.63. The Morgan fingerprint density at radius 1 is 0.310 bits per heavy atom. The van der Waals surface area contributed by atoms with Crippen molar-refractivity contribution >= 4 is 33.3 Å². The fourth-order valence-electron chi connectivity index (χ4n) is 9.36. The second kappa shape index (κ2) is 13.0. The Hall–Kier alpha value is -7.14. The quantitative estimate of drug-likeness (QED) is 0.179. The molecule has 9 aromatic carbocycles. The van der Waals surface area contributed by atoms with Gasteiger partial charge in [-0.3, -0.25) is 0 Å². The van der Waals surface area contributed by atoms with Crippen molar-refractivity contribution in [1.29, 1.82) is 0 Å². The molecule has 10 aromatic rings. The average Bonchev–Trinajstić information content (AvgIpc) is 3.59. The van der Waals surface area contributed by atoms with Crippen LogP contribution < -0.4 is 0 Å². The van der Waals surface area contributed by atoms with Crippen molar-refractivity contribution < 1.29 is 0 Å². The maximum absolute atomic E-state index is 5.13. The predicted molar refractivity (Wildman–Crippen MR) is 238 cm³/mol. The number of rotatable bonds is 4. The normalized spacial score (nSPS) is 13.2. The molecule has 2 heterocycles. The summed E-state index contributed by atoms with van der Waals surface area (Å²) in [5, 5.41) is 4.66. The lowest BCUT2D eigenvalue weighted by molar-refractivity contribution is 0.722. The van der Waals surface area contributed by atoms with Gasteiger partial charge < -0.3 is 0 Å². The molecule has 4 heteroatoms. The summed E-state index contributed by atoms with van der Waals surface area (Å²) in [6.07, 6.45) is 0. The molecule has 0 atom stereocenters. The first-order valence-electron chi connectivity index (χ1n) is 19.7. The van der Waals surface area contributed by atoms with Crippen molar-refractivity contribution in [3.8, 4) is 56.4 Å². The van der Waals surface area contributed by atoms with E-state index in [0.29, 0.717) is 17.5 Å². The molecule has 2 aliphatic rings. The third kappa shape index (κ3) is 4.98. The van der Waals surface area contributed by atoms with Gasteiger partial charge in [0.05, 0.1) is 5.41 Å². The van der Waals surface area contributed by atoms with Crippen LogP contribution in [0.4, 0.5) is 0 Å². The molecule has 1 aromatic heterocycles. The lowest BCUT2D eigenvalue weighted by atomic mass is 9.67. The molecular weight excluding hydrogens is 723 g/mol. The molecule has 58 heavy (non-hydrogen) atoms. The SMILES string of the molecule is c1ccc2c(c1)Sc1ccccc1C21c2ccccc2-c2c(-c3ccc(-c4nc(-c5ccc6ccccc6c5)nc(-c5ccc6ccccc6c5)n4)cc3)cccc21. The minimum Gasteiger partial charge on any atom is -0.208 e. The van der Waals surface area contributed by atoms with Crippen LogP contribution in [-0.4, -0.2) is 15.0 Å². The number of aromatic nitrogens is 3. The highest BCUT2D eigenvalue weighted by Gasteiger charge is 2.50. The minimum atomic E-state index is -0.413. The maximum atomic E-state index is 5.13. The first kappa shape index (κ1) is 33.0. The molecule has 0 saturated heterocycles. The summed E-state index contributed by atoms with van der Waals surface area (Å²) in [7, 11) is 0. The van der Waals surface area contributed by atoms with Gasteiger partial charge in [-0.2, -0.15) is 0 Å². The molecule has 3 nitrogen and oxygen atoms in total. The summed E-state index contributed by atoms with van der Waals surface area (Å²) in [6, 6.07) is 72.2. The second-order valence-electron chi connectivity index (χ2n) is 15.1. The highest BCUT2D eigenvalue weighted by atomic mass is 32.2. The molecule has 0 radical (unpaired) electrons. The monoisotopic (exact) mass is 755 g/mol. The Bertz CT molecular complexity index is 3130. The molecule has 0 fully saturated rings. The van der Waals surface area contributed by atoms with Crippen LogP contribution in [0.15, 0.2) is 210 Å². The van der Waals surface area contributed by atoms with Crippen molar-refractivity contribution in [2.45, 2.75) is 15.2 Å². The summed E-state index contributed by atoms with van der Waals surface area (Å²) >= 11 is 1.88. The minimum absolute atomic E-state index is 0.413. The molecular formula is C54H33N3S. The third-order valence-corrected chi connectivity index (χ3v) is 13.1. The van der Waals surface area contributed by atoms with Crippen LogP contribution in [0, 0.1) is 0 Å². The predicted octanol–water partition coefficient (Wildman–Crippen LogP) is 13.7. The smallest absolute Gasteiger partial charge is 0.164 e. The lowest BCUT2D eigenvalue weighted by Crippen LogP contribution is -2.31. The Balaban J connectivity index is 1.01. The van der Waals surface area contributed by atoms with E-state index in [9.17, 15) is 0 Å². The number of fused-ring (bicyclic) bond motifs is 11. The van der Waals surface area contributed by atoms with E-state index >= 15 is 0 Å². The van der Waals surface area contributed by atoms with Crippen molar-refractivity contribution in [3.63, 3.8) is 0 Å². The zero-order valence-corrected chi connectivity index (χ0v) is 32.1. The Kier molecular flexibility index (Phi) is 7.38. The van der Waals surface area contributed by atoms with Gasteiger partial charge in [0.15, 0.2) is 17.5 Å². The Morgan fingerprint density at radius 2 is 0.741 bits per heavy atom. The van der Waals surface area contributed by atoms with E-state index in [0.717, 1.165) is 33.0 Å². The zero-order chi connectivity index (χ0) is 38.2. The first-order valence-corrected chi connectivity index (χ1v) is 20.5. The van der Waals surface area contributed by atoms with Gasteiger partial charge in [0.2, 0.25) is 0 Å². The zero-order valence-electron chi connectivity index (χ0n) is 31.3. The topological polar surface area (TPSA) is 38.7 Å². The van der Waals surface area contributed by atoms with Crippen LogP contribution in [0.2, 0.25) is 0 Å². The number of hydrogen-bond acceptors (Lipinski definition) is 4. The van der Waals surface area contributed by atoms with Gasteiger partial charge in [0, 0.05) is 26.5 Å². The van der Waals surface area contributed by atoms with Crippen LogP contribution in [-0.2, 0) is 5.41 Å². The molecule has 1 spiro atoms. The fraction of sp³-hybridized carbons (Fsp3) is 0.0185. The van der Waals surface area contributed by atoms with E-state index in [4.69, 9.17) is 15.0 Å². The highest BCUT2D eigenvalue weighted by molar-refractivity contribution is 7.99. The third-order valence-electron chi connectivity index (χ3n) is 12.0. The first-order chi connectivity index (χ1) is 28.7. The molecule has 1 aliphatic heterocycles. The van der Waals surface area contributed by atoms with Crippen LogP contribution >= 0.6 is 11.8 Å². The van der Waals surface area contributed by atoms with E-state index in [1.807, 2.05) is 11.8 Å². The standard InChI is InChI=1S/C54H33N3S/c1-3-14-38-32-40(30-24-34(38)12-1)52-55-51(56-53(57-52)41-31-25-35-13-2-4-15-39(35)33-41)37-28-26-36(27-29-37)42-17-11-21-47-50(42)43-16-5-6-18-44(43)54(47)45-19-7-9-22-48(45)58-49-23-10-8-20-46(49)54/h1-33H. The Labute approximate surface area is 340 Å². The molecule has 0 bridgehead atoms.